The molecule has 0 unspecified atom stereocenters. The van der Waals surface area contributed by atoms with Crippen LogP contribution in [0.2, 0.25) is 0 Å². The first kappa shape index (κ1) is 17.8. The summed E-state index contributed by atoms with van der Waals surface area (Å²) in [5.41, 5.74) is 7.31. The average Bonchev–Trinajstić information content (AvgIpc) is 2.78. The molecule has 0 aliphatic heterocycles. The van der Waals surface area contributed by atoms with E-state index >= 15 is 0 Å². The molecular weight excluding hydrogens is 336 g/mol. The first-order chi connectivity index (χ1) is 13.9. The highest BCUT2D eigenvalue weighted by Crippen LogP contribution is 2.29. The van der Waals surface area contributed by atoms with Gasteiger partial charge >= 0.3 is 0 Å². The quantitative estimate of drug-likeness (QED) is 0.321. The van der Waals surface area contributed by atoms with Crippen LogP contribution in [0.4, 0.5) is 0 Å². The SMILES string of the molecule is C(=Cc1ccccc1-c1ccccc1C=Cc1ccccc1)c1ccccc1. The minimum atomic E-state index is 1.20. The van der Waals surface area contributed by atoms with Gasteiger partial charge < -0.3 is 0 Å². The molecule has 0 bridgehead atoms. The van der Waals surface area contributed by atoms with E-state index in [-0.39, 0.29) is 0 Å². The van der Waals surface area contributed by atoms with Crippen molar-refractivity contribution in [2.45, 2.75) is 0 Å². The molecule has 0 saturated heterocycles. The second-order valence-electron chi connectivity index (χ2n) is 6.66. The summed E-state index contributed by atoms with van der Waals surface area (Å²) < 4.78 is 0. The molecule has 0 fully saturated rings. The van der Waals surface area contributed by atoms with Crippen LogP contribution >= 0.6 is 0 Å². The molecule has 0 radical (unpaired) electrons. The maximum atomic E-state index is 2.20. The Labute approximate surface area is 167 Å². The molecule has 0 heterocycles. The van der Waals surface area contributed by atoms with Crippen LogP contribution in [0.5, 0.6) is 0 Å². The Balaban J connectivity index is 1.71. The zero-order valence-corrected chi connectivity index (χ0v) is 15.7. The number of benzene rings is 4. The van der Waals surface area contributed by atoms with Gasteiger partial charge in [-0.25, -0.2) is 0 Å². The van der Waals surface area contributed by atoms with Gasteiger partial charge in [0.1, 0.15) is 0 Å². The second-order valence-corrected chi connectivity index (χ2v) is 6.66. The zero-order chi connectivity index (χ0) is 19.0. The molecule has 0 heteroatoms. The van der Waals surface area contributed by atoms with Crippen molar-refractivity contribution in [2.75, 3.05) is 0 Å². The Bertz CT molecular complexity index is 996. The van der Waals surface area contributed by atoms with Gasteiger partial charge in [-0.15, -0.1) is 0 Å². The topological polar surface area (TPSA) is 0 Å². The Hall–Kier alpha value is -3.64. The predicted octanol–water partition coefficient (Wildman–Crippen LogP) is 7.69. The van der Waals surface area contributed by atoms with E-state index in [1.807, 2.05) is 12.1 Å². The molecule has 0 atom stereocenters. The summed E-state index contributed by atoms with van der Waals surface area (Å²) in [5, 5.41) is 0. The van der Waals surface area contributed by atoms with E-state index in [0.717, 1.165) is 0 Å². The molecule has 0 aliphatic rings. The summed E-state index contributed by atoms with van der Waals surface area (Å²) in [4.78, 5) is 0. The van der Waals surface area contributed by atoms with E-state index in [4.69, 9.17) is 0 Å². The zero-order valence-electron chi connectivity index (χ0n) is 15.7. The Morgan fingerprint density at radius 1 is 0.321 bits per heavy atom. The standard InChI is InChI=1S/C28H22/c1-3-11-23(12-4-1)19-21-25-15-7-9-17-27(25)28-18-10-8-16-26(28)22-20-24-13-5-2-6-14-24/h1-22H. The van der Waals surface area contributed by atoms with Crippen LogP contribution in [-0.2, 0) is 0 Å². The number of hydrogen-bond acceptors (Lipinski definition) is 0. The molecule has 4 aromatic carbocycles. The summed E-state index contributed by atoms with van der Waals surface area (Å²) in [5.74, 6) is 0. The summed E-state index contributed by atoms with van der Waals surface area (Å²) in [6, 6.07) is 38.0. The van der Waals surface area contributed by atoms with Crippen molar-refractivity contribution >= 4 is 24.3 Å². The minimum Gasteiger partial charge on any atom is -0.0622 e. The van der Waals surface area contributed by atoms with Crippen molar-refractivity contribution in [2.24, 2.45) is 0 Å². The van der Waals surface area contributed by atoms with Crippen molar-refractivity contribution in [3.8, 4) is 11.1 Å². The molecule has 0 saturated carbocycles. The first-order valence-corrected chi connectivity index (χ1v) is 9.55. The lowest BCUT2D eigenvalue weighted by molar-refractivity contribution is 1.57. The molecule has 0 aliphatic carbocycles. The molecule has 0 amide bonds. The minimum absolute atomic E-state index is 1.20. The van der Waals surface area contributed by atoms with Crippen LogP contribution in [0.1, 0.15) is 22.3 Å². The van der Waals surface area contributed by atoms with Crippen LogP contribution < -0.4 is 0 Å². The van der Waals surface area contributed by atoms with E-state index < -0.39 is 0 Å². The van der Waals surface area contributed by atoms with Gasteiger partial charge in [0.25, 0.3) is 0 Å². The van der Waals surface area contributed by atoms with Gasteiger partial charge in [-0.2, -0.15) is 0 Å². The fraction of sp³-hybridized carbons (Fsp3) is 0. The third kappa shape index (κ3) is 4.36. The largest absolute Gasteiger partial charge is 0.0622 e. The molecule has 0 nitrogen and oxygen atoms in total. The molecule has 4 rings (SSSR count). The summed E-state index contributed by atoms with van der Waals surface area (Å²) >= 11 is 0. The molecule has 0 N–H and O–H groups in total. The van der Waals surface area contributed by atoms with Crippen LogP contribution in [0, 0.1) is 0 Å². The molecule has 4 aromatic rings. The number of hydrogen-bond donors (Lipinski definition) is 0. The van der Waals surface area contributed by atoms with Crippen molar-refractivity contribution in [1.82, 2.24) is 0 Å². The van der Waals surface area contributed by atoms with E-state index in [1.54, 1.807) is 0 Å². The Kier molecular flexibility index (Phi) is 5.60. The van der Waals surface area contributed by atoms with E-state index in [2.05, 4.69) is 121 Å². The van der Waals surface area contributed by atoms with E-state index in [0.29, 0.717) is 0 Å². The second kappa shape index (κ2) is 8.83. The normalized spacial score (nSPS) is 11.3. The van der Waals surface area contributed by atoms with Crippen molar-refractivity contribution in [3.63, 3.8) is 0 Å². The summed E-state index contributed by atoms with van der Waals surface area (Å²) in [6.45, 7) is 0. The third-order valence-corrected chi connectivity index (χ3v) is 4.72. The first-order valence-electron chi connectivity index (χ1n) is 9.55. The van der Waals surface area contributed by atoms with E-state index in [1.165, 1.54) is 33.4 Å². The van der Waals surface area contributed by atoms with Gasteiger partial charge in [-0.1, -0.05) is 133 Å². The average molecular weight is 358 g/mol. The van der Waals surface area contributed by atoms with Crippen molar-refractivity contribution in [1.29, 1.82) is 0 Å². The monoisotopic (exact) mass is 358 g/mol. The Morgan fingerprint density at radius 3 is 1.11 bits per heavy atom. The third-order valence-electron chi connectivity index (χ3n) is 4.72. The van der Waals surface area contributed by atoms with Gasteiger partial charge in [-0.3, -0.25) is 0 Å². The predicted molar refractivity (Wildman–Crippen MR) is 123 cm³/mol. The lowest BCUT2D eigenvalue weighted by Gasteiger charge is -2.10. The fourth-order valence-electron chi connectivity index (χ4n) is 3.28. The summed E-state index contributed by atoms with van der Waals surface area (Å²) in [6.07, 6.45) is 8.73. The van der Waals surface area contributed by atoms with Gasteiger partial charge in [-0.05, 0) is 33.4 Å². The van der Waals surface area contributed by atoms with Crippen molar-refractivity contribution in [3.05, 3.63) is 131 Å². The van der Waals surface area contributed by atoms with E-state index in [9.17, 15) is 0 Å². The van der Waals surface area contributed by atoms with Gasteiger partial charge in [0.15, 0.2) is 0 Å². The lowest BCUT2D eigenvalue weighted by Crippen LogP contribution is -1.87. The molecule has 0 aromatic heterocycles. The fourth-order valence-corrected chi connectivity index (χ4v) is 3.28. The molecule has 0 spiro atoms. The van der Waals surface area contributed by atoms with Crippen LogP contribution in [-0.4, -0.2) is 0 Å². The van der Waals surface area contributed by atoms with Crippen LogP contribution in [0.15, 0.2) is 109 Å². The van der Waals surface area contributed by atoms with Gasteiger partial charge in [0.05, 0.1) is 0 Å². The highest BCUT2D eigenvalue weighted by molar-refractivity contribution is 5.86. The highest BCUT2D eigenvalue weighted by atomic mass is 14.1. The highest BCUT2D eigenvalue weighted by Gasteiger charge is 2.06. The maximum Gasteiger partial charge on any atom is -0.0105 e. The smallest absolute Gasteiger partial charge is 0.0105 e. The van der Waals surface area contributed by atoms with Gasteiger partial charge in [0, 0.05) is 0 Å². The molecule has 134 valence electrons. The number of rotatable bonds is 5. The molecular formula is C28H22. The summed E-state index contributed by atoms with van der Waals surface area (Å²) in [7, 11) is 0. The van der Waals surface area contributed by atoms with Crippen LogP contribution in [0.3, 0.4) is 0 Å². The van der Waals surface area contributed by atoms with Crippen molar-refractivity contribution < 1.29 is 0 Å². The maximum absolute atomic E-state index is 2.20. The van der Waals surface area contributed by atoms with Gasteiger partial charge in [0.2, 0.25) is 0 Å². The Morgan fingerprint density at radius 2 is 0.679 bits per heavy atom. The lowest BCUT2D eigenvalue weighted by atomic mass is 9.94. The molecule has 28 heavy (non-hydrogen) atoms. The van der Waals surface area contributed by atoms with Crippen LogP contribution in [0.25, 0.3) is 35.4 Å².